The van der Waals surface area contributed by atoms with Crippen molar-refractivity contribution in [1.82, 2.24) is 14.2 Å². The van der Waals surface area contributed by atoms with E-state index < -0.39 is 10.0 Å². The average Bonchev–Trinajstić information content (AvgIpc) is 3.16. The highest BCUT2D eigenvalue weighted by Crippen LogP contribution is 2.26. The van der Waals surface area contributed by atoms with Gasteiger partial charge in [0.1, 0.15) is 9.33 Å². The second-order valence-electron chi connectivity index (χ2n) is 6.33. The maximum absolute atomic E-state index is 12.7. The van der Waals surface area contributed by atoms with E-state index in [0.717, 1.165) is 20.6 Å². The van der Waals surface area contributed by atoms with Crippen LogP contribution < -0.4 is 0 Å². The zero-order valence-corrected chi connectivity index (χ0v) is 18.3. The van der Waals surface area contributed by atoms with E-state index in [0.29, 0.717) is 31.1 Å². The van der Waals surface area contributed by atoms with E-state index in [9.17, 15) is 8.42 Å². The molecule has 1 aliphatic heterocycles. The molecule has 2 heterocycles. The number of thiocarbonyl (C=S) groups is 1. The van der Waals surface area contributed by atoms with Crippen LogP contribution in [0, 0.1) is 0 Å². The van der Waals surface area contributed by atoms with Crippen molar-refractivity contribution < 1.29 is 8.42 Å². The number of aromatic nitrogens is 1. The van der Waals surface area contributed by atoms with Crippen LogP contribution in [0.3, 0.4) is 0 Å². The molecule has 0 atom stereocenters. The second kappa shape index (κ2) is 8.46. The van der Waals surface area contributed by atoms with Crippen molar-refractivity contribution in [3.8, 4) is 0 Å². The predicted octanol–water partition coefficient (Wildman–Crippen LogP) is 3.82. The first-order chi connectivity index (χ1) is 13.5. The van der Waals surface area contributed by atoms with Gasteiger partial charge in [-0.1, -0.05) is 54.3 Å². The van der Waals surface area contributed by atoms with Crippen LogP contribution in [0.4, 0.5) is 0 Å². The zero-order chi connectivity index (χ0) is 19.6. The number of rotatable bonds is 4. The molecule has 2 aromatic carbocycles. The first-order valence-corrected chi connectivity index (χ1v) is 12.5. The molecule has 5 nitrogen and oxygen atoms in total. The van der Waals surface area contributed by atoms with Crippen molar-refractivity contribution in [2.75, 3.05) is 26.2 Å². The van der Waals surface area contributed by atoms with E-state index in [2.05, 4.69) is 16.0 Å². The van der Waals surface area contributed by atoms with E-state index >= 15 is 0 Å². The summed E-state index contributed by atoms with van der Waals surface area (Å²) < 4.78 is 29.0. The van der Waals surface area contributed by atoms with Gasteiger partial charge in [0.2, 0.25) is 10.0 Å². The number of fused-ring (bicyclic) bond motifs is 1. The lowest BCUT2D eigenvalue weighted by atomic mass is 10.3. The van der Waals surface area contributed by atoms with Crippen LogP contribution in [0.15, 0.2) is 59.5 Å². The van der Waals surface area contributed by atoms with E-state index in [4.69, 9.17) is 12.2 Å². The number of hydrogen-bond donors (Lipinski definition) is 0. The average molecular weight is 450 g/mol. The van der Waals surface area contributed by atoms with E-state index in [1.807, 2.05) is 24.3 Å². The molecule has 9 heteroatoms. The van der Waals surface area contributed by atoms with Gasteiger partial charge in [0.25, 0.3) is 0 Å². The van der Waals surface area contributed by atoms with Gasteiger partial charge in [-0.2, -0.15) is 4.31 Å². The molecular weight excluding hydrogens is 430 g/mol. The number of para-hydroxylation sites is 1. The molecule has 0 saturated carbocycles. The smallest absolute Gasteiger partial charge is 0.243 e. The Labute approximate surface area is 178 Å². The number of benzene rings is 2. The molecule has 146 valence electrons. The van der Waals surface area contributed by atoms with Gasteiger partial charge in [0.15, 0.2) is 0 Å². The zero-order valence-electron chi connectivity index (χ0n) is 15.0. The van der Waals surface area contributed by atoms with Gasteiger partial charge in [-0.25, -0.2) is 13.4 Å². The van der Waals surface area contributed by atoms with Crippen LogP contribution in [0.1, 0.15) is 5.01 Å². The van der Waals surface area contributed by atoms with E-state index in [-0.39, 0.29) is 0 Å². The van der Waals surface area contributed by atoms with Crippen LogP contribution in [0.2, 0.25) is 0 Å². The third kappa shape index (κ3) is 4.23. The summed E-state index contributed by atoms with van der Waals surface area (Å²) in [5, 5.41) is 1.05. The Kier molecular flexibility index (Phi) is 5.98. The lowest BCUT2D eigenvalue weighted by molar-refractivity contribution is 0.272. The normalized spacial score (nSPS) is 15.8. The van der Waals surface area contributed by atoms with E-state index in [1.54, 1.807) is 51.7 Å². The highest BCUT2D eigenvalue weighted by atomic mass is 32.2. The second-order valence-corrected chi connectivity index (χ2v) is 11.0. The molecule has 1 aliphatic rings. The predicted molar refractivity (Wildman–Crippen MR) is 120 cm³/mol. The Bertz CT molecular complexity index is 1040. The van der Waals surface area contributed by atoms with Gasteiger partial charge >= 0.3 is 0 Å². The topological polar surface area (TPSA) is 53.5 Å². The minimum atomic E-state index is -3.43. The quantitative estimate of drug-likeness (QED) is 0.565. The summed E-state index contributed by atoms with van der Waals surface area (Å²) in [4.78, 5) is 7.07. The Morgan fingerprint density at radius 3 is 2.43 bits per heavy atom. The summed E-state index contributed by atoms with van der Waals surface area (Å²) in [6.07, 6.45) is 0. The summed E-state index contributed by atoms with van der Waals surface area (Å²) in [7, 11) is -3.43. The van der Waals surface area contributed by atoms with Gasteiger partial charge in [-0.3, -0.25) is 0 Å². The van der Waals surface area contributed by atoms with Crippen molar-refractivity contribution in [3.63, 3.8) is 0 Å². The fourth-order valence-electron chi connectivity index (χ4n) is 3.05. The van der Waals surface area contributed by atoms with Crippen molar-refractivity contribution in [2.45, 2.75) is 10.6 Å². The minimum Gasteiger partial charge on any atom is -0.355 e. The molecule has 0 radical (unpaired) electrons. The fourth-order valence-corrected chi connectivity index (χ4v) is 6.70. The molecule has 1 aromatic heterocycles. The fraction of sp³-hybridized carbons (Fsp3) is 0.263. The summed E-state index contributed by atoms with van der Waals surface area (Å²) in [5.41, 5.74) is 1.02. The molecule has 0 N–H and O–H groups in total. The van der Waals surface area contributed by atoms with Gasteiger partial charge in [0, 0.05) is 26.2 Å². The number of thiazole rings is 1. The lowest BCUT2D eigenvalue weighted by Crippen LogP contribution is -2.49. The Hall–Kier alpha value is -1.52. The summed E-state index contributed by atoms with van der Waals surface area (Å²) >= 11 is 8.86. The van der Waals surface area contributed by atoms with Crippen molar-refractivity contribution in [2.24, 2.45) is 0 Å². The summed E-state index contributed by atoms with van der Waals surface area (Å²) in [6.45, 7) is 2.10. The molecule has 4 rings (SSSR count). The van der Waals surface area contributed by atoms with Crippen molar-refractivity contribution in [1.29, 1.82) is 0 Å². The van der Waals surface area contributed by atoms with Crippen molar-refractivity contribution in [3.05, 3.63) is 59.6 Å². The maximum Gasteiger partial charge on any atom is 0.243 e. The third-order valence-corrected chi connectivity index (χ3v) is 9.20. The molecular formula is C19H19N3O2S4. The number of hydrogen-bond acceptors (Lipinski definition) is 6. The van der Waals surface area contributed by atoms with Gasteiger partial charge in [-0.15, -0.1) is 11.3 Å². The van der Waals surface area contributed by atoms with Crippen LogP contribution >= 0.6 is 35.3 Å². The summed E-state index contributed by atoms with van der Waals surface area (Å²) in [6, 6.07) is 16.7. The largest absolute Gasteiger partial charge is 0.355 e. The van der Waals surface area contributed by atoms with Gasteiger partial charge in [0.05, 0.1) is 20.9 Å². The molecule has 28 heavy (non-hydrogen) atoms. The van der Waals surface area contributed by atoms with Gasteiger partial charge < -0.3 is 4.90 Å². The first kappa shape index (κ1) is 19.8. The van der Waals surface area contributed by atoms with E-state index in [1.165, 1.54) is 4.70 Å². The molecule has 0 amide bonds. The SMILES string of the molecule is O=S(=O)(c1ccccc1)N1CCN(C(=S)SCc2nc3ccccc3s2)CC1. The minimum absolute atomic E-state index is 0.344. The molecule has 3 aromatic rings. The Morgan fingerprint density at radius 2 is 1.71 bits per heavy atom. The standard InChI is InChI=1S/C19H19N3O2S4/c23-28(24,15-6-2-1-3-7-15)22-12-10-21(11-13-22)19(25)26-14-18-20-16-8-4-5-9-17(16)27-18/h1-9H,10-14H2. The third-order valence-electron chi connectivity index (χ3n) is 4.54. The molecule has 1 fully saturated rings. The molecule has 1 saturated heterocycles. The highest BCUT2D eigenvalue weighted by molar-refractivity contribution is 8.22. The maximum atomic E-state index is 12.7. The molecule has 0 spiro atoms. The first-order valence-electron chi connectivity index (χ1n) is 8.85. The Morgan fingerprint density at radius 1 is 1.04 bits per heavy atom. The molecule has 0 aliphatic carbocycles. The number of nitrogens with zero attached hydrogens (tertiary/aromatic N) is 3. The highest BCUT2D eigenvalue weighted by Gasteiger charge is 2.29. The van der Waals surface area contributed by atoms with Crippen molar-refractivity contribution >= 4 is 59.9 Å². The number of piperazine rings is 1. The summed E-state index contributed by atoms with van der Waals surface area (Å²) in [5.74, 6) is 0.737. The lowest BCUT2D eigenvalue weighted by Gasteiger charge is -2.35. The van der Waals surface area contributed by atoms with Crippen LogP contribution in [-0.2, 0) is 15.8 Å². The van der Waals surface area contributed by atoms with Gasteiger partial charge in [-0.05, 0) is 24.3 Å². The van der Waals surface area contributed by atoms with Crippen LogP contribution in [0.25, 0.3) is 10.2 Å². The molecule has 0 unspecified atom stereocenters. The number of sulfonamides is 1. The number of thioether (sulfide) groups is 1. The van der Waals surface area contributed by atoms with Crippen LogP contribution in [0.5, 0.6) is 0 Å². The van der Waals surface area contributed by atoms with Crippen LogP contribution in [-0.4, -0.2) is 53.1 Å². The monoisotopic (exact) mass is 449 g/mol. The Balaban J connectivity index is 1.32. The molecule has 0 bridgehead atoms.